The molecule has 27 heavy (non-hydrogen) atoms. The summed E-state index contributed by atoms with van der Waals surface area (Å²) in [6, 6.07) is 9.91. The molecule has 1 spiro atoms. The molecule has 2 heterocycles. The van der Waals surface area contributed by atoms with E-state index in [9.17, 15) is 4.79 Å². The molecule has 1 aromatic carbocycles. The lowest BCUT2D eigenvalue weighted by Crippen LogP contribution is -2.34. The quantitative estimate of drug-likeness (QED) is 0.700. The van der Waals surface area contributed by atoms with Crippen LogP contribution in [0.2, 0.25) is 0 Å². The van der Waals surface area contributed by atoms with Crippen LogP contribution in [0.25, 0.3) is 10.4 Å². The van der Waals surface area contributed by atoms with E-state index in [0.717, 1.165) is 37.0 Å². The molecule has 4 nitrogen and oxygen atoms in total. The molecule has 1 aliphatic heterocycles. The van der Waals surface area contributed by atoms with E-state index in [1.807, 2.05) is 43.4 Å². The van der Waals surface area contributed by atoms with Crippen molar-refractivity contribution in [1.29, 1.82) is 0 Å². The summed E-state index contributed by atoms with van der Waals surface area (Å²) < 4.78 is 4.84. The highest BCUT2D eigenvalue weighted by atomic mass is 32.2. The molecular formula is C21H26N2O2S2. The fourth-order valence-corrected chi connectivity index (χ4v) is 5.92. The Hall–Kier alpha value is -1.79. The van der Waals surface area contributed by atoms with Crippen molar-refractivity contribution in [3.05, 3.63) is 46.3 Å². The number of amidine groups is 1. The summed E-state index contributed by atoms with van der Waals surface area (Å²) in [6.45, 7) is 4.00. The number of thioether (sulfide) groups is 1. The number of aliphatic imine (C=N–C) groups is 1. The highest BCUT2D eigenvalue weighted by Crippen LogP contribution is 2.48. The fraction of sp³-hybridized carbons (Fsp3) is 0.429. The lowest BCUT2D eigenvalue weighted by molar-refractivity contribution is 0.0601. The Labute approximate surface area is 169 Å². The average molecular weight is 403 g/mol. The number of benzene rings is 1. The lowest BCUT2D eigenvalue weighted by atomic mass is 9.78. The Morgan fingerprint density at radius 1 is 1.26 bits per heavy atom. The van der Waals surface area contributed by atoms with Crippen molar-refractivity contribution in [2.75, 3.05) is 12.9 Å². The van der Waals surface area contributed by atoms with Gasteiger partial charge in [0.2, 0.25) is 0 Å². The number of hydrogen-bond donors (Lipinski definition) is 1. The molecule has 6 heteroatoms. The second-order valence-corrected chi connectivity index (χ2v) is 8.71. The number of carbonyl (C=O) groups excluding carboxylic acids is 1. The summed E-state index contributed by atoms with van der Waals surface area (Å²) in [6.07, 6.45) is 4.36. The van der Waals surface area contributed by atoms with Crippen LogP contribution in [0.5, 0.6) is 0 Å². The molecule has 0 fully saturated rings. The van der Waals surface area contributed by atoms with Crippen LogP contribution in [0.4, 0.5) is 0 Å². The number of aryl methyl sites for hydroxylation is 1. The van der Waals surface area contributed by atoms with Gasteiger partial charge in [-0.05, 0) is 55.0 Å². The van der Waals surface area contributed by atoms with Gasteiger partial charge in [0.25, 0.3) is 0 Å². The third-order valence-electron chi connectivity index (χ3n) is 4.96. The monoisotopic (exact) mass is 402 g/mol. The van der Waals surface area contributed by atoms with Crippen LogP contribution in [0.3, 0.4) is 0 Å². The molecule has 1 unspecified atom stereocenters. The standard InChI is InChI=1S/C19H20N2O2S2.C2H6/c1-23-17(22)13-5-2-4-12(10-13)16-11-14-15(25-16)6-3-7-19(14)8-9-24-18(20)21-19;1-2/h2,4-5,10-11H,3,6-9H2,1H3,(H2,20,21);1-2H3. The van der Waals surface area contributed by atoms with Gasteiger partial charge < -0.3 is 10.5 Å². The molecule has 144 valence electrons. The van der Waals surface area contributed by atoms with Crippen molar-refractivity contribution in [2.24, 2.45) is 10.7 Å². The molecule has 2 N–H and O–H groups in total. The van der Waals surface area contributed by atoms with Crippen LogP contribution in [0.1, 0.15) is 53.9 Å². The fourth-order valence-electron chi connectivity index (χ4n) is 3.74. The number of methoxy groups -OCH3 is 1. The second-order valence-electron chi connectivity index (χ2n) is 6.45. The molecule has 4 rings (SSSR count). The predicted octanol–water partition coefficient (Wildman–Crippen LogP) is 5.21. The van der Waals surface area contributed by atoms with Gasteiger partial charge in [-0.3, -0.25) is 4.99 Å². The van der Waals surface area contributed by atoms with Gasteiger partial charge in [-0.1, -0.05) is 37.7 Å². The Morgan fingerprint density at radius 2 is 2.07 bits per heavy atom. The number of fused-ring (bicyclic) bond motifs is 2. The predicted molar refractivity (Wildman–Crippen MR) is 116 cm³/mol. The van der Waals surface area contributed by atoms with Crippen LogP contribution in [-0.2, 0) is 16.7 Å². The zero-order valence-electron chi connectivity index (χ0n) is 16.1. The molecule has 1 atom stereocenters. The minimum atomic E-state index is -0.304. The van der Waals surface area contributed by atoms with Crippen LogP contribution >= 0.6 is 23.1 Å². The molecule has 1 aliphatic carbocycles. The van der Waals surface area contributed by atoms with E-state index < -0.39 is 0 Å². The largest absolute Gasteiger partial charge is 0.465 e. The Bertz CT molecular complexity index is 860. The first-order valence-corrected chi connectivity index (χ1v) is 11.2. The number of nitrogens with two attached hydrogens (primary N) is 1. The smallest absolute Gasteiger partial charge is 0.337 e. The number of nitrogens with zero attached hydrogens (tertiary/aromatic N) is 1. The summed E-state index contributed by atoms with van der Waals surface area (Å²) in [4.78, 5) is 19.3. The first kappa shape index (κ1) is 20.0. The number of ether oxygens (including phenoxy) is 1. The van der Waals surface area contributed by atoms with Gasteiger partial charge in [-0.25, -0.2) is 4.79 Å². The van der Waals surface area contributed by atoms with Gasteiger partial charge in [0.1, 0.15) is 0 Å². The molecule has 1 aromatic heterocycles. The Balaban J connectivity index is 0.00000102. The van der Waals surface area contributed by atoms with Crippen molar-refractivity contribution in [3.8, 4) is 10.4 Å². The van der Waals surface area contributed by atoms with Gasteiger partial charge in [0, 0.05) is 15.5 Å². The summed E-state index contributed by atoms with van der Waals surface area (Å²) in [5, 5.41) is 0.708. The second kappa shape index (κ2) is 8.48. The molecule has 0 radical (unpaired) electrons. The van der Waals surface area contributed by atoms with Gasteiger partial charge in [-0.2, -0.15) is 0 Å². The van der Waals surface area contributed by atoms with E-state index in [-0.39, 0.29) is 11.5 Å². The van der Waals surface area contributed by atoms with E-state index in [0.29, 0.717) is 10.7 Å². The molecule has 0 bridgehead atoms. The van der Waals surface area contributed by atoms with Crippen molar-refractivity contribution in [3.63, 3.8) is 0 Å². The van der Waals surface area contributed by atoms with Crippen LogP contribution < -0.4 is 5.73 Å². The topological polar surface area (TPSA) is 64.7 Å². The zero-order chi connectivity index (χ0) is 19.4. The number of carbonyl (C=O) groups is 1. The van der Waals surface area contributed by atoms with Gasteiger partial charge in [0.15, 0.2) is 5.17 Å². The molecule has 2 aliphatic rings. The Morgan fingerprint density at radius 3 is 2.81 bits per heavy atom. The minimum absolute atomic E-state index is 0.141. The first-order valence-electron chi connectivity index (χ1n) is 9.41. The third-order valence-corrected chi connectivity index (χ3v) is 7.00. The van der Waals surface area contributed by atoms with E-state index in [4.69, 9.17) is 15.5 Å². The average Bonchev–Trinajstić information content (AvgIpc) is 3.15. The molecular weight excluding hydrogens is 376 g/mol. The van der Waals surface area contributed by atoms with Gasteiger partial charge >= 0.3 is 5.97 Å². The third kappa shape index (κ3) is 3.92. The number of rotatable bonds is 2. The number of hydrogen-bond acceptors (Lipinski definition) is 6. The normalized spacial score (nSPS) is 20.9. The molecule has 2 aromatic rings. The maximum Gasteiger partial charge on any atom is 0.337 e. The zero-order valence-corrected chi connectivity index (χ0v) is 17.7. The van der Waals surface area contributed by atoms with E-state index in [1.165, 1.54) is 22.4 Å². The van der Waals surface area contributed by atoms with Crippen molar-refractivity contribution in [1.82, 2.24) is 0 Å². The molecule has 0 amide bonds. The maximum absolute atomic E-state index is 11.8. The van der Waals surface area contributed by atoms with E-state index >= 15 is 0 Å². The van der Waals surface area contributed by atoms with Crippen molar-refractivity contribution >= 4 is 34.2 Å². The number of esters is 1. The molecule has 0 saturated heterocycles. The summed E-state index contributed by atoms with van der Waals surface area (Å²) in [7, 11) is 1.41. The summed E-state index contributed by atoms with van der Waals surface area (Å²) in [5.41, 5.74) is 8.88. The lowest BCUT2D eigenvalue weighted by Gasteiger charge is -2.36. The van der Waals surface area contributed by atoms with Crippen LogP contribution in [0.15, 0.2) is 35.3 Å². The van der Waals surface area contributed by atoms with Crippen LogP contribution in [0, 0.1) is 0 Å². The van der Waals surface area contributed by atoms with E-state index in [1.54, 1.807) is 17.8 Å². The summed E-state index contributed by atoms with van der Waals surface area (Å²) in [5.74, 6) is 0.721. The number of thiophene rings is 1. The van der Waals surface area contributed by atoms with Gasteiger partial charge in [-0.15, -0.1) is 11.3 Å². The molecule has 0 saturated carbocycles. The summed E-state index contributed by atoms with van der Waals surface area (Å²) >= 11 is 3.47. The SMILES string of the molecule is CC.COC(=O)c1cccc(-c2cc3c(s2)CCCC32CCSC(N)=N2)c1. The minimum Gasteiger partial charge on any atom is -0.465 e. The van der Waals surface area contributed by atoms with Crippen molar-refractivity contribution in [2.45, 2.75) is 45.1 Å². The van der Waals surface area contributed by atoms with Crippen molar-refractivity contribution < 1.29 is 9.53 Å². The highest BCUT2D eigenvalue weighted by Gasteiger charge is 2.39. The highest BCUT2D eigenvalue weighted by molar-refractivity contribution is 8.13. The Kier molecular flexibility index (Phi) is 6.27. The van der Waals surface area contributed by atoms with Gasteiger partial charge in [0.05, 0.1) is 18.2 Å². The maximum atomic E-state index is 11.8. The first-order chi connectivity index (χ1) is 13.1. The van der Waals surface area contributed by atoms with Crippen LogP contribution in [-0.4, -0.2) is 24.0 Å². The van der Waals surface area contributed by atoms with E-state index in [2.05, 4.69) is 6.07 Å².